The van der Waals surface area contributed by atoms with E-state index >= 15 is 0 Å². The zero-order chi connectivity index (χ0) is 9.44. The summed E-state index contributed by atoms with van der Waals surface area (Å²) in [7, 11) is 0. The van der Waals surface area contributed by atoms with E-state index in [0.29, 0.717) is 0 Å². The number of aldehydes is 1. The molecule has 0 rings (SSSR count). The molecule has 0 saturated carbocycles. The number of carbonyl (C=O) groups excluding carboxylic acids is 2. The first-order valence-corrected chi connectivity index (χ1v) is 2.12. The smallest absolute Gasteiger partial charge is 0.394 e. The number of amides is 1. The lowest BCUT2D eigenvalue weighted by atomic mass is 10.7. The van der Waals surface area contributed by atoms with Gasteiger partial charge in [0.1, 0.15) is 0 Å². The lowest BCUT2D eigenvalue weighted by Crippen LogP contribution is -2.21. The van der Waals surface area contributed by atoms with Gasteiger partial charge in [-0.3, -0.25) is 9.59 Å². The molecule has 0 bridgehead atoms. The number of carboxylic acid groups (broad SMARTS) is 2. The van der Waals surface area contributed by atoms with Crippen LogP contribution in [0.15, 0.2) is 0 Å². The van der Waals surface area contributed by atoms with Crippen molar-refractivity contribution in [2.24, 2.45) is 5.73 Å². The maximum atomic E-state index is 9.32. The Kier molecular flexibility index (Phi) is 6.67. The van der Waals surface area contributed by atoms with Crippen LogP contribution in [0, 0.1) is 0 Å². The Balaban J connectivity index is 0. The van der Waals surface area contributed by atoms with E-state index in [1.54, 1.807) is 0 Å². The normalized spacial score (nSPS) is 6.91. The van der Waals surface area contributed by atoms with Crippen LogP contribution >= 0.6 is 0 Å². The Labute approximate surface area is 60.4 Å². The van der Waals surface area contributed by atoms with Crippen molar-refractivity contribution in [3.63, 3.8) is 0 Å². The number of carboxylic acids is 2. The standard InChI is InChI=1S/C2H3NO3.C2H2O3/c3-1(4)2(5)6;3-1-2(4)5/h(H2,3,4)(H,5,6);1H,(H,4,5). The van der Waals surface area contributed by atoms with Crippen molar-refractivity contribution < 1.29 is 29.4 Å². The molecule has 0 aliphatic heterocycles. The molecule has 7 heteroatoms. The molecule has 4 N–H and O–H groups in total. The van der Waals surface area contributed by atoms with Crippen LogP contribution in [0.2, 0.25) is 0 Å². The quantitative estimate of drug-likeness (QED) is 0.297. The fourth-order valence-corrected chi connectivity index (χ4v) is 0. The maximum absolute atomic E-state index is 9.32. The molecule has 0 radical (unpaired) electrons. The first-order chi connectivity index (χ1) is 4.91. The second kappa shape index (κ2) is 6.20. The minimum absolute atomic E-state index is 0.167. The highest BCUT2D eigenvalue weighted by Crippen LogP contribution is 1.51. The van der Waals surface area contributed by atoms with Crippen molar-refractivity contribution in [3.8, 4) is 0 Å². The number of hydrogen-bond donors (Lipinski definition) is 3. The number of primary amides is 1. The first kappa shape index (κ1) is 11.8. The number of carbonyl (C=O) groups is 4. The van der Waals surface area contributed by atoms with E-state index in [4.69, 9.17) is 19.8 Å². The van der Waals surface area contributed by atoms with Crippen molar-refractivity contribution in [3.05, 3.63) is 0 Å². The monoisotopic (exact) mass is 163 g/mol. The Morgan fingerprint density at radius 2 is 1.36 bits per heavy atom. The van der Waals surface area contributed by atoms with Gasteiger partial charge in [-0.1, -0.05) is 0 Å². The molecule has 0 aliphatic rings. The summed E-state index contributed by atoms with van der Waals surface area (Å²) in [5.41, 5.74) is 4.20. The van der Waals surface area contributed by atoms with E-state index < -0.39 is 17.8 Å². The summed E-state index contributed by atoms with van der Waals surface area (Å²) < 4.78 is 0. The first-order valence-electron chi connectivity index (χ1n) is 2.12. The molecule has 62 valence electrons. The third-order valence-corrected chi connectivity index (χ3v) is 0.312. The van der Waals surface area contributed by atoms with E-state index in [1.807, 2.05) is 0 Å². The summed E-state index contributed by atoms with van der Waals surface area (Å²) in [6.45, 7) is 0. The van der Waals surface area contributed by atoms with Gasteiger partial charge in [0.25, 0.3) is 0 Å². The predicted octanol–water partition coefficient (Wildman–Crippen LogP) is -2.17. The van der Waals surface area contributed by atoms with Crippen LogP contribution < -0.4 is 5.73 Å². The molecular weight excluding hydrogens is 158 g/mol. The van der Waals surface area contributed by atoms with Crippen molar-refractivity contribution in [1.29, 1.82) is 0 Å². The zero-order valence-electron chi connectivity index (χ0n) is 5.18. The number of hydrogen-bond acceptors (Lipinski definition) is 4. The third kappa shape index (κ3) is 17.9. The molecule has 0 atom stereocenters. The summed E-state index contributed by atoms with van der Waals surface area (Å²) in [4.78, 5) is 36.5. The van der Waals surface area contributed by atoms with Crippen molar-refractivity contribution in [1.82, 2.24) is 0 Å². The topological polar surface area (TPSA) is 135 Å². The van der Waals surface area contributed by atoms with E-state index in [-0.39, 0.29) is 6.29 Å². The van der Waals surface area contributed by atoms with Gasteiger partial charge in [0.2, 0.25) is 6.29 Å². The zero-order valence-corrected chi connectivity index (χ0v) is 5.18. The molecular formula is C4H5NO6. The highest BCUT2D eigenvalue weighted by atomic mass is 16.4. The van der Waals surface area contributed by atoms with Gasteiger partial charge < -0.3 is 15.9 Å². The summed E-state index contributed by atoms with van der Waals surface area (Å²) in [6, 6.07) is 0. The maximum Gasteiger partial charge on any atom is 0.394 e. The molecule has 0 fully saturated rings. The SMILES string of the molecule is NC(=O)C(=O)O.O=CC(=O)O. The van der Waals surface area contributed by atoms with Gasteiger partial charge in [0, 0.05) is 0 Å². The highest BCUT2D eigenvalue weighted by Gasteiger charge is 2.00. The molecule has 0 aliphatic carbocycles. The van der Waals surface area contributed by atoms with Crippen LogP contribution in [0.4, 0.5) is 0 Å². The van der Waals surface area contributed by atoms with Gasteiger partial charge in [-0.05, 0) is 0 Å². The predicted molar refractivity (Wildman–Crippen MR) is 30.5 cm³/mol. The van der Waals surface area contributed by atoms with E-state index in [2.05, 4.69) is 5.73 Å². The van der Waals surface area contributed by atoms with Gasteiger partial charge in [0.15, 0.2) is 0 Å². The van der Waals surface area contributed by atoms with Gasteiger partial charge >= 0.3 is 17.8 Å². The number of rotatable bonds is 1. The average molecular weight is 163 g/mol. The molecule has 0 heterocycles. The van der Waals surface area contributed by atoms with Gasteiger partial charge in [-0.15, -0.1) is 0 Å². The average Bonchev–Trinajstić information content (AvgIpc) is 1.89. The van der Waals surface area contributed by atoms with E-state index in [9.17, 15) is 9.59 Å². The molecule has 7 nitrogen and oxygen atoms in total. The van der Waals surface area contributed by atoms with Gasteiger partial charge in [-0.25, -0.2) is 9.59 Å². The van der Waals surface area contributed by atoms with Crippen molar-refractivity contribution in [2.45, 2.75) is 0 Å². The molecule has 0 unspecified atom stereocenters. The number of aliphatic carboxylic acids is 2. The Morgan fingerprint density at radius 1 is 1.18 bits per heavy atom. The largest absolute Gasteiger partial charge is 0.476 e. The molecule has 0 aromatic heterocycles. The molecule has 0 aromatic rings. The summed E-state index contributed by atoms with van der Waals surface area (Å²) in [6.07, 6.45) is -0.167. The van der Waals surface area contributed by atoms with Crippen LogP contribution in [0.5, 0.6) is 0 Å². The lowest BCUT2D eigenvalue weighted by Gasteiger charge is -1.74. The lowest BCUT2D eigenvalue weighted by molar-refractivity contribution is -0.148. The fourth-order valence-electron chi connectivity index (χ4n) is 0. The highest BCUT2D eigenvalue weighted by molar-refractivity contribution is 6.30. The molecule has 1 amide bonds. The van der Waals surface area contributed by atoms with Crippen molar-refractivity contribution >= 4 is 24.1 Å². The minimum Gasteiger partial charge on any atom is -0.476 e. The van der Waals surface area contributed by atoms with Crippen LogP contribution in [-0.4, -0.2) is 34.3 Å². The van der Waals surface area contributed by atoms with E-state index in [1.165, 1.54) is 0 Å². The van der Waals surface area contributed by atoms with Crippen LogP contribution in [0.25, 0.3) is 0 Å². The summed E-state index contributed by atoms with van der Waals surface area (Å²) in [5.74, 6) is -4.35. The van der Waals surface area contributed by atoms with E-state index in [0.717, 1.165) is 0 Å². The Bertz CT molecular complexity index is 173. The second-order valence-electron chi connectivity index (χ2n) is 1.13. The summed E-state index contributed by atoms with van der Waals surface area (Å²) >= 11 is 0. The molecule has 0 aromatic carbocycles. The van der Waals surface area contributed by atoms with Crippen LogP contribution in [0.3, 0.4) is 0 Å². The van der Waals surface area contributed by atoms with Crippen LogP contribution in [0.1, 0.15) is 0 Å². The molecule has 11 heavy (non-hydrogen) atoms. The molecule has 0 spiro atoms. The van der Waals surface area contributed by atoms with Gasteiger partial charge in [-0.2, -0.15) is 0 Å². The minimum atomic E-state index is -1.60. The summed E-state index contributed by atoms with van der Waals surface area (Å²) in [5, 5.41) is 14.9. The molecule has 0 saturated heterocycles. The second-order valence-corrected chi connectivity index (χ2v) is 1.13. The Hall–Kier alpha value is -1.92. The fraction of sp³-hybridized carbons (Fsp3) is 0. The van der Waals surface area contributed by atoms with Gasteiger partial charge in [0.05, 0.1) is 0 Å². The number of nitrogens with two attached hydrogens (primary N) is 1. The van der Waals surface area contributed by atoms with Crippen molar-refractivity contribution in [2.75, 3.05) is 0 Å². The third-order valence-electron chi connectivity index (χ3n) is 0.312. The van der Waals surface area contributed by atoms with Crippen LogP contribution in [-0.2, 0) is 19.2 Å². The Morgan fingerprint density at radius 3 is 1.36 bits per heavy atom.